The molecule has 0 bridgehead atoms. The largest absolute Gasteiger partial charge is 0.387 e. The van der Waals surface area contributed by atoms with Crippen LogP contribution in [0.4, 0.5) is 16.5 Å². The summed E-state index contributed by atoms with van der Waals surface area (Å²) in [7, 11) is 1.65. The van der Waals surface area contributed by atoms with Gasteiger partial charge in [0.25, 0.3) is 11.6 Å². The topological polar surface area (TPSA) is 97.2 Å². The number of fused-ring (bicyclic) bond motifs is 1. The lowest BCUT2D eigenvalue weighted by Crippen LogP contribution is -2.14. The normalized spacial score (nSPS) is 10.6. The second-order valence-corrected chi connectivity index (χ2v) is 6.21. The van der Waals surface area contributed by atoms with Crippen molar-refractivity contribution in [3.8, 4) is 0 Å². The molecule has 122 valence electrons. The molecule has 0 aliphatic carbocycles. The molecule has 3 aromatic rings. The molecule has 0 aliphatic rings. The first kappa shape index (κ1) is 15.9. The molecule has 0 saturated heterocycles. The van der Waals surface area contributed by atoms with E-state index in [4.69, 9.17) is 0 Å². The number of anilines is 2. The minimum absolute atomic E-state index is 0.140. The molecule has 24 heavy (non-hydrogen) atoms. The predicted octanol–water partition coefficient (Wildman–Crippen LogP) is 3.81. The van der Waals surface area contributed by atoms with Crippen LogP contribution in [-0.2, 0) is 0 Å². The van der Waals surface area contributed by atoms with Gasteiger partial charge in [-0.05, 0) is 30.7 Å². The molecule has 0 radical (unpaired) electrons. The van der Waals surface area contributed by atoms with Gasteiger partial charge in [-0.1, -0.05) is 17.4 Å². The number of hydrogen-bond acceptors (Lipinski definition) is 6. The smallest absolute Gasteiger partial charge is 0.270 e. The van der Waals surface area contributed by atoms with Gasteiger partial charge < -0.3 is 5.32 Å². The highest BCUT2D eigenvalue weighted by atomic mass is 32.1. The van der Waals surface area contributed by atoms with E-state index in [1.165, 1.54) is 29.5 Å². The number of aromatic nitrogens is 1. The summed E-state index contributed by atoms with van der Waals surface area (Å²) in [5, 5.41) is 17.0. The summed E-state index contributed by atoms with van der Waals surface area (Å²) < 4.78 is 0.971. The summed E-state index contributed by atoms with van der Waals surface area (Å²) in [6, 6.07) is 9.95. The van der Waals surface area contributed by atoms with Crippen molar-refractivity contribution in [3.05, 3.63) is 57.6 Å². The van der Waals surface area contributed by atoms with Crippen LogP contribution >= 0.6 is 11.3 Å². The lowest BCUT2D eigenvalue weighted by molar-refractivity contribution is -0.384. The van der Waals surface area contributed by atoms with Crippen LogP contribution in [0.5, 0.6) is 0 Å². The minimum Gasteiger partial charge on any atom is -0.387 e. The van der Waals surface area contributed by atoms with Gasteiger partial charge in [0.2, 0.25) is 0 Å². The number of non-ortho nitro benzene ring substituents is 1. The highest BCUT2D eigenvalue weighted by Gasteiger charge is 2.17. The number of nitro benzene ring substituents is 1. The van der Waals surface area contributed by atoms with Crippen LogP contribution in [0.3, 0.4) is 0 Å². The summed E-state index contributed by atoms with van der Waals surface area (Å²) in [5.74, 6) is -0.446. The second kappa shape index (κ2) is 6.25. The maximum Gasteiger partial charge on any atom is 0.270 e. The van der Waals surface area contributed by atoms with Crippen LogP contribution in [0.25, 0.3) is 10.2 Å². The first-order chi connectivity index (χ1) is 11.5. The Hall–Kier alpha value is -3.00. The van der Waals surface area contributed by atoms with Crippen molar-refractivity contribution in [2.75, 3.05) is 17.7 Å². The Balaban J connectivity index is 1.93. The van der Waals surface area contributed by atoms with Crippen molar-refractivity contribution in [2.45, 2.75) is 6.92 Å². The molecule has 0 fully saturated rings. The molecule has 3 rings (SSSR count). The van der Waals surface area contributed by atoms with Crippen LogP contribution in [0.2, 0.25) is 0 Å². The average Bonchev–Trinajstić information content (AvgIpc) is 2.95. The quantitative estimate of drug-likeness (QED) is 0.555. The van der Waals surface area contributed by atoms with Crippen molar-refractivity contribution >= 4 is 44.0 Å². The molecule has 1 amide bonds. The molecular weight excluding hydrogens is 328 g/mol. The first-order valence-corrected chi connectivity index (χ1v) is 7.94. The van der Waals surface area contributed by atoms with Crippen LogP contribution in [0.15, 0.2) is 36.4 Å². The fourth-order valence-electron chi connectivity index (χ4n) is 2.30. The Bertz CT molecular complexity index is 952. The van der Waals surface area contributed by atoms with Gasteiger partial charge in [-0.3, -0.25) is 20.2 Å². The van der Waals surface area contributed by atoms with Crippen LogP contribution < -0.4 is 10.6 Å². The first-order valence-electron chi connectivity index (χ1n) is 7.12. The van der Waals surface area contributed by atoms with Gasteiger partial charge in [0.1, 0.15) is 0 Å². The molecule has 0 aliphatic heterocycles. The highest BCUT2D eigenvalue weighted by molar-refractivity contribution is 7.22. The number of rotatable bonds is 4. The van der Waals surface area contributed by atoms with Gasteiger partial charge >= 0.3 is 0 Å². The van der Waals surface area contributed by atoms with Gasteiger partial charge in [0.05, 0.1) is 20.7 Å². The Kier molecular flexibility index (Phi) is 4.13. The zero-order valence-corrected chi connectivity index (χ0v) is 13.8. The lowest BCUT2D eigenvalue weighted by atomic mass is 10.1. The molecule has 2 N–H and O–H groups in total. The Morgan fingerprint density at radius 1 is 1.25 bits per heavy atom. The van der Waals surface area contributed by atoms with E-state index in [1.54, 1.807) is 7.05 Å². The van der Waals surface area contributed by atoms with Crippen LogP contribution in [-0.4, -0.2) is 22.9 Å². The van der Waals surface area contributed by atoms with E-state index in [0.29, 0.717) is 10.8 Å². The number of nitro groups is 1. The van der Waals surface area contributed by atoms with Crippen LogP contribution in [0.1, 0.15) is 15.9 Å². The van der Waals surface area contributed by atoms with E-state index in [0.717, 1.165) is 15.8 Å². The Morgan fingerprint density at radius 3 is 2.75 bits per heavy atom. The van der Waals surface area contributed by atoms with Crippen molar-refractivity contribution in [1.82, 2.24) is 4.98 Å². The standard InChI is InChI=1S/C16H14N4O3S/c1-9-3-5-13-14(7-9)24-16(18-13)19-15(21)11-8-10(20(22)23)4-6-12(11)17-2/h3-8,17H,1-2H3,(H,18,19,21). The fourth-order valence-corrected chi connectivity index (χ4v) is 3.26. The summed E-state index contributed by atoms with van der Waals surface area (Å²) in [6.45, 7) is 1.99. The third kappa shape index (κ3) is 3.04. The molecule has 0 unspecified atom stereocenters. The number of thiazole rings is 1. The van der Waals surface area contributed by atoms with Gasteiger partial charge in [-0.2, -0.15) is 0 Å². The van der Waals surface area contributed by atoms with Gasteiger partial charge in [-0.25, -0.2) is 4.98 Å². The number of hydrogen-bond donors (Lipinski definition) is 2. The summed E-state index contributed by atoms with van der Waals surface area (Å²) in [4.78, 5) is 27.3. The number of carbonyl (C=O) groups excluding carboxylic acids is 1. The van der Waals surface area contributed by atoms with E-state index >= 15 is 0 Å². The van der Waals surface area contributed by atoms with E-state index < -0.39 is 10.8 Å². The minimum atomic E-state index is -0.531. The third-order valence-corrected chi connectivity index (χ3v) is 4.43. The van der Waals surface area contributed by atoms with Crippen LogP contribution in [0, 0.1) is 17.0 Å². The molecule has 1 heterocycles. The highest BCUT2D eigenvalue weighted by Crippen LogP contribution is 2.28. The van der Waals surface area contributed by atoms with E-state index in [-0.39, 0.29) is 11.3 Å². The third-order valence-electron chi connectivity index (χ3n) is 3.49. The van der Waals surface area contributed by atoms with E-state index in [9.17, 15) is 14.9 Å². The fraction of sp³-hybridized carbons (Fsp3) is 0.125. The van der Waals surface area contributed by atoms with Gasteiger partial charge in [0.15, 0.2) is 5.13 Å². The molecule has 0 atom stereocenters. The summed E-state index contributed by atoms with van der Waals surface area (Å²) >= 11 is 1.36. The van der Waals surface area contributed by atoms with Crippen molar-refractivity contribution in [3.63, 3.8) is 0 Å². The number of nitrogens with zero attached hydrogens (tertiary/aromatic N) is 2. The number of nitrogens with one attached hydrogen (secondary N) is 2. The molecule has 8 heteroatoms. The summed E-state index contributed by atoms with van der Waals surface area (Å²) in [5.41, 5.74) is 2.48. The van der Waals surface area contributed by atoms with E-state index in [2.05, 4.69) is 15.6 Å². The number of benzene rings is 2. The summed E-state index contributed by atoms with van der Waals surface area (Å²) in [6.07, 6.45) is 0. The van der Waals surface area contributed by atoms with Crippen molar-refractivity contribution in [2.24, 2.45) is 0 Å². The predicted molar refractivity (Wildman–Crippen MR) is 95.0 cm³/mol. The van der Waals surface area contributed by atoms with Gasteiger partial charge in [-0.15, -0.1) is 0 Å². The zero-order chi connectivity index (χ0) is 17.3. The maximum absolute atomic E-state index is 12.5. The molecule has 0 spiro atoms. The van der Waals surface area contributed by atoms with Gasteiger partial charge in [0, 0.05) is 24.9 Å². The molecule has 1 aromatic heterocycles. The number of carbonyl (C=O) groups is 1. The Morgan fingerprint density at radius 2 is 2.04 bits per heavy atom. The average molecular weight is 342 g/mol. The monoisotopic (exact) mass is 342 g/mol. The molecule has 0 saturated carbocycles. The molecule has 7 nitrogen and oxygen atoms in total. The number of amides is 1. The zero-order valence-electron chi connectivity index (χ0n) is 13.0. The van der Waals surface area contributed by atoms with Crippen molar-refractivity contribution < 1.29 is 9.72 Å². The van der Waals surface area contributed by atoms with Crippen molar-refractivity contribution in [1.29, 1.82) is 0 Å². The second-order valence-electron chi connectivity index (χ2n) is 5.18. The maximum atomic E-state index is 12.5. The SMILES string of the molecule is CNc1ccc([N+](=O)[O-])cc1C(=O)Nc1nc2ccc(C)cc2s1. The Labute approximate surface area is 141 Å². The molecule has 2 aromatic carbocycles. The molecular formula is C16H14N4O3S. The number of aryl methyl sites for hydroxylation is 1. The lowest BCUT2D eigenvalue weighted by Gasteiger charge is -2.08. The van der Waals surface area contributed by atoms with E-state index in [1.807, 2.05) is 25.1 Å².